The van der Waals surface area contributed by atoms with Gasteiger partial charge in [0.2, 0.25) is 0 Å². The fraction of sp³-hybridized carbons (Fsp3) is 0.800. The SMILES string of the molecule is CC(O)CCCC#C[Si](C)(C)C. The van der Waals surface area contributed by atoms with Gasteiger partial charge in [-0.2, -0.15) is 0 Å². The van der Waals surface area contributed by atoms with Gasteiger partial charge in [0.15, 0.2) is 0 Å². The molecule has 2 heteroatoms. The molecule has 0 heterocycles. The van der Waals surface area contributed by atoms with Crippen molar-refractivity contribution in [1.29, 1.82) is 0 Å². The van der Waals surface area contributed by atoms with Gasteiger partial charge in [-0.3, -0.25) is 0 Å². The van der Waals surface area contributed by atoms with E-state index in [1.807, 2.05) is 6.92 Å². The highest BCUT2D eigenvalue weighted by Gasteiger charge is 2.06. The summed E-state index contributed by atoms with van der Waals surface area (Å²) in [6, 6.07) is 0. The van der Waals surface area contributed by atoms with Crippen LogP contribution in [0, 0.1) is 11.5 Å². The van der Waals surface area contributed by atoms with Crippen LogP contribution < -0.4 is 0 Å². The first-order valence-corrected chi connectivity index (χ1v) is 8.10. The molecule has 1 atom stereocenters. The summed E-state index contributed by atoms with van der Waals surface area (Å²) >= 11 is 0. The van der Waals surface area contributed by atoms with E-state index in [-0.39, 0.29) is 6.10 Å². The van der Waals surface area contributed by atoms with Crippen LogP contribution in [-0.4, -0.2) is 19.3 Å². The van der Waals surface area contributed by atoms with Gasteiger partial charge >= 0.3 is 0 Å². The predicted octanol–water partition coefficient (Wildman–Crippen LogP) is 2.42. The van der Waals surface area contributed by atoms with Crippen LogP contribution in [0.2, 0.25) is 19.6 Å². The van der Waals surface area contributed by atoms with Crippen molar-refractivity contribution in [1.82, 2.24) is 0 Å². The molecular formula is C10H20OSi. The van der Waals surface area contributed by atoms with E-state index in [1.165, 1.54) is 0 Å². The molecule has 70 valence electrons. The Morgan fingerprint density at radius 1 is 1.33 bits per heavy atom. The Kier molecular flexibility index (Phi) is 5.28. The van der Waals surface area contributed by atoms with Gasteiger partial charge in [0.25, 0.3) is 0 Å². The van der Waals surface area contributed by atoms with Crippen LogP contribution in [0.25, 0.3) is 0 Å². The minimum Gasteiger partial charge on any atom is -0.393 e. The van der Waals surface area contributed by atoms with Gasteiger partial charge in [0.1, 0.15) is 8.07 Å². The maximum Gasteiger partial charge on any atom is 0.129 e. The second-order valence-electron chi connectivity index (χ2n) is 4.29. The maximum absolute atomic E-state index is 8.97. The molecule has 0 bridgehead atoms. The number of unbranched alkanes of at least 4 members (excludes halogenated alkanes) is 1. The fourth-order valence-corrected chi connectivity index (χ4v) is 1.47. The molecule has 0 amide bonds. The van der Waals surface area contributed by atoms with Crippen molar-refractivity contribution in [3.05, 3.63) is 0 Å². The van der Waals surface area contributed by atoms with Gasteiger partial charge in [-0.15, -0.1) is 11.5 Å². The number of aliphatic hydroxyl groups excluding tert-OH is 1. The van der Waals surface area contributed by atoms with Gasteiger partial charge in [-0.1, -0.05) is 19.6 Å². The van der Waals surface area contributed by atoms with Crippen molar-refractivity contribution in [3.63, 3.8) is 0 Å². The largest absolute Gasteiger partial charge is 0.393 e. The average Bonchev–Trinajstić information content (AvgIpc) is 1.83. The molecule has 0 aliphatic carbocycles. The van der Waals surface area contributed by atoms with E-state index in [2.05, 4.69) is 31.1 Å². The van der Waals surface area contributed by atoms with Crippen LogP contribution in [0.3, 0.4) is 0 Å². The molecule has 0 fully saturated rings. The Bertz CT molecular complexity index is 169. The normalized spacial score (nSPS) is 13.4. The highest BCUT2D eigenvalue weighted by Crippen LogP contribution is 2.00. The Morgan fingerprint density at radius 2 is 1.92 bits per heavy atom. The Morgan fingerprint density at radius 3 is 2.33 bits per heavy atom. The standard InChI is InChI=1S/C10H20OSi/c1-10(11)8-6-5-7-9-12(2,3)4/h10-11H,5-6,8H2,1-4H3. The third kappa shape index (κ3) is 9.74. The number of aliphatic hydroxyl groups is 1. The molecule has 1 N–H and O–H groups in total. The van der Waals surface area contributed by atoms with E-state index < -0.39 is 8.07 Å². The Labute approximate surface area is 77.2 Å². The Balaban J connectivity index is 3.47. The van der Waals surface area contributed by atoms with Crippen molar-refractivity contribution >= 4 is 8.07 Å². The molecule has 0 aromatic rings. The summed E-state index contributed by atoms with van der Waals surface area (Å²) in [6.45, 7) is 8.56. The molecule has 0 rings (SSSR count). The van der Waals surface area contributed by atoms with Crippen molar-refractivity contribution in [2.24, 2.45) is 0 Å². The summed E-state index contributed by atoms with van der Waals surface area (Å²) < 4.78 is 0. The highest BCUT2D eigenvalue weighted by atomic mass is 28.3. The van der Waals surface area contributed by atoms with Crippen molar-refractivity contribution in [3.8, 4) is 11.5 Å². The van der Waals surface area contributed by atoms with E-state index in [9.17, 15) is 0 Å². The molecule has 0 spiro atoms. The monoisotopic (exact) mass is 184 g/mol. The molecule has 0 radical (unpaired) electrons. The molecule has 0 aromatic carbocycles. The van der Waals surface area contributed by atoms with Gasteiger partial charge in [-0.25, -0.2) is 0 Å². The lowest BCUT2D eigenvalue weighted by atomic mass is 10.2. The van der Waals surface area contributed by atoms with Crippen molar-refractivity contribution < 1.29 is 5.11 Å². The molecule has 0 aliphatic heterocycles. The minimum atomic E-state index is -1.16. The van der Waals surface area contributed by atoms with Crippen LogP contribution in [0.15, 0.2) is 0 Å². The van der Waals surface area contributed by atoms with Crippen LogP contribution in [-0.2, 0) is 0 Å². The van der Waals surface area contributed by atoms with Crippen LogP contribution in [0.5, 0.6) is 0 Å². The fourth-order valence-electron chi connectivity index (χ4n) is 0.814. The lowest BCUT2D eigenvalue weighted by Crippen LogP contribution is -2.16. The predicted molar refractivity (Wildman–Crippen MR) is 56.7 cm³/mol. The summed E-state index contributed by atoms with van der Waals surface area (Å²) in [5.74, 6) is 3.18. The first-order chi connectivity index (χ1) is 5.42. The molecular weight excluding hydrogens is 164 g/mol. The topological polar surface area (TPSA) is 20.2 Å². The molecule has 0 aliphatic rings. The summed E-state index contributed by atoms with van der Waals surface area (Å²) in [5, 5.41) is 8.97. The van der Waals surface area contributed by atoms with Crippen molar-refractivity contribution in [2.75, 3.05) is 0 Å². The van der Waals surface area contributed by atoms with Crippen LogP contribution in [0.1, 0.15) is 26.2 Å². The molecule has 1 nitrogen and oxygen atoms in total. The zero-order chi connectivity index (χ0) is 9.61. The van der Waals surface area contributed by atoms with Crippen LogP contribution >= 0.6 is 0 Å². The first kappa shape index (κ1) is 11.7. The quantitative estimate of drug-likeness (QED) is 0.406. The summed E-state index contributed by atoms with van der Waals surface area (Å²) in [4.78, 5) is 0. The van der Waals surface area contributed by atoms with Gasteiger partial charge in [-0.05, 0) is 19.8 Å². The van der Waals surface area contributed by atoms with E-state index >= 15 is 0 Å². The molecule has 0 aromatic heterocycles. The maximum atomic E-state index is 8.97. The van der Waals surface area contributed by atoms with E-state index in [4.69, 9.17) is 5.11 Å². The minimum absolute atomic E-state index is 0.168. The highest BCUT2D eigenvalue weighted by molar-refractivity contribution is 6.83. The summed E-state index contributed by atoms with van der Waals surface area (Å²) in [7, 11) is -1.16. The Hall–Kier alpha value is -0.263. The lowest BCUT2D eigenvalue weighted by molar-refractivity contribution is 0.182. The zero-order valence-corrected chi connectivity index (χ0v) is 9.65. The smallest absolute Gasteiger partial charge is 0.129 e. The molecule has 0 saturated carbocycles. The van der Waals surface area contributed by atoms with Gasteiger partial charge in [0, 0.05) is 6.42 Å². The third-order valence-electron chi connectivity index (χ3n) is 1.39. The zero-order valence-electron chi connectivity index (χ0n) is 8.65. The number of hydrogen-bond acceptors (Lipinski definition) is 1. The van der Waals surface area contributed by atoms with Crippen LogP contribution in [0.4, 0.5) is 0 Å². The van der Waals surface area contributed by atoms with E-state index in [0.717, 1.165) is 19.3 Å². The summed E-state index contributed by atoms with van der Waals surface area (Å²) in [5.41, 5.74) is 3.30. The second-order valence-corrected chi connectivity index (χ2v) is 9.04. The number of rotatable bonds is 3. The first-order valence-electron chi connectivity index (χ1n) is 4.60. The van der Waals surface area contributed by atoms with Gasteiger partial charge < -0.3 is 5.11 Å². The number of hydrogen-bond donors (Lipinski definition) is 1. The third-order valence-corrected chi connectivity index (χ3v) is 2.31. The molecule has 12 heavy (non-hydrogen) atoms. The molecule has 1 unspecified atom stereocenters. The van der Waals surface area contributed by atoms with Gasteiger partial charge in [0.05, 0.1) is 6.10 Å². The summed E-state index contributed by atoms with van der Waals surface area (Å²) in [6.07, 6.45) is 2.67. The average molecular weight is 184 g/mol. The lowest BCUT2D eigenvalue weighted by Gasteiger charge is -2.03. The van der Waals surface area contributed by atoms with E-state index in [0.29, 0.717) is 0 Å². The molecule has 0 saturated heterocycles. The van der Waals surface area contributed by atoms with Crippen molar-refractivity contribution in [2.45, 2.75) is 51.9 Å². The second kappa shape index (κ2) is 5.39. The van der Waals surface area contributed by atoms with E-state index in [1.54, 1.807) is 0 Å².